The van der Waals surface area contributed by atoms with E-state index in [1.165, 1.54) is 0 Å². The quantitative estimate of drug-likeness (QED) is 0.647. The molecule has 0 radical (unpaired) electrons. The molecule has 5 heteroatoms. The molecule has 0 bridgehead atoms. The summed E-state index contributed by atoms with van der Waals surface area (Å²) in [6.45, 7) is 9.71. The molecular formula is C12H25N3O2. The molecule has 0 atom stereocenters. The Kier molecular flexibility index (Phi) is 8.40. The molecule has 0 saturated carbocycles. The molecule has 0 aliphatic heterocycles. The monoisotopic (exact) mass is 243 g/mol. The van der Waals surface area contributed by atoms with Crippen molar-refractivity contribution in [3.63, 3.8) is 0 Å². The Morgan fingerprint density at radius 3 is 2.18 bits per heavy atom. The first kappa shape index (κ1) is 15.9. The van der Waals surface area contributed by atoms with E-state index in [1.807, 2.05) is 32.6 Å². The van der Waals surface area contributed by atoms with Crippen LogP contribution in [-0.2, 0) is 9.59 Å². The van der Waals surface area contributed by atoms with Gasteiger partial charge in [0.15, 0.2) is 0 Å². The van der Waals surface area contributed by atoms with Crippen LogP contribution in [0.2, 0.25) is 0 Å². The fourth-order valence-corrected chi connectivity index (χ4v) is 1.37. The first-order valence-electron chi connectivity index (χ1n) is 6.28. The second-order valence-electron chi connectivity index (χ2n) is 4.38. The number of hydrogen-bond acceptors (Lipinski definition) is 3. The first-order chi connectivity index (χ1) is 7.99. The summed E-state index contributed by atoms with van der Waals surface area (Å²) in [4.78, 5) is 24.8. The largest absolute Gasteiger partial charge is 0.355 e. The molecule has 0 aromatic carbocycles. The second-order valence-corrected chi connectivity index (χ2v) is 4.38. The lowest BCUT2D eigenvalue weighted by Crippen LogP contribution is -2.44. The number of hydrogen-bond donors (Lipinski definition) is 2. The summed E-state index contributed by atoms with van der Waals surface area (Å²) in [5, 5.41) is 5.61. The van der Waals surface area contributed by atoms with Gasteiger partial charge in [0.05, 0.1) is 13.1 Å². The molecule has 2 N–H and O–H groups in total. The fraction of sp³-hybridized carbons (Fsp3) is 0.833. The normalized spacial score (nSPS) is 10.7. The number of carbonyl (C=O) groups is 2. The van der Waals surface area contributed by atoms with Gasteiger partial charge in [-0.2, -0.15) is 0 Å². The van der Waals surface area contributed by atoms with Gasteiger partial charge in [-0.3, -0.25) is 14.5 Å². The van der Waals surface area contributed by atoms with E-state index >= 15 is 0 Å². The highest BCUT2D eigenvalue weighted by Gasteiger charge is 2.12. The molecule has 0 aliphatic carbocycles. The Hall–Kier alpha value is -1.10. The predicted octanol–water partition coefficient (Wildman–Crippen LogP) is 0.359. The van der Waals surface area contributed by atoms with E-state index in [0.717, 1.165) is 6.42 Å². The maximum absolute atomic E-state index is 11.5. The Labute approximate surface area is 104 Å². The molecule has 0 aromatic rings. The minimum absolute atomic E-state index is 0.0222. The van der Waals surface area contributed by atoms with Crippen molar-refractivity contribution in [2.45, 2.75) is 40.2 Å². The van der Waals surface area contributed by atoms with Crippen LogP contribution < -0.4 is 10.6 Å². The van der Waals surface area contributed by atoms with Crippen LogP contribution in [0.25, 0.3) is 0 Å². The molecule has 0 heterocycles. The summed E-state index contributed by atoms with van der Waals surface area (Å²) in [7, 11) is 0. The molecule has 0 aromatic heterocycles. The summed E-state index contributed by atoms with van der Waals surface area (Å²) < 4.78 is 0. The van der Waals surface area contributed by atoms with Crippen LogP contribution in [0.3, 0.4) is 0 Å². The van der Waals surface area contributed by atoms with Crippen molar-refractivity contribution in [2.24, 2.45) is 0 Å². The number of carbonyl (C=O) groups excluding carboxylic acids is 2. The van der Waals surface area contributed by atoms with E-state index in [1.54, 1.807) is 0 Å². The van der Waals surface area contributed by atoms with Crippen molar-refractivity contribution in [3.05, 3.63) is 0 Å². The maximum Gasteiger partial charge on any atom is 0.234 e. The Morgan fingerprint density at radius 2 is 1.71 bits per heavy atom. The zero-order chi connectivity index (χ0) is 13.3. The Balaban J connectivity index is 3.98. The molecule has 0 rings (SSSR count). The van der Waals surface area contributed by atoms with Crippen LogP contribution >= 0.6 is 0 Å². The number of rotatable bonds is 8. The highest BCUT2D eigenvalue weighted by atomic mass is 16.2. The summed E-state index contributed by atoms with van der Waals surface area (Å²) in [6.07, 6.45) is 0.922. The fourth-order valence-electron chi connectivity index (χ4n) is 1.37. The average Bonchev–Trinajstić information content (AvgIpc) is 2.24. The van der Waals surface area contributed by atoms with Crippen molar-refractivity contribution in [3.8, 4) is 0 Å². The van der Waals surface area contributed by atoms with Crippen molar-refractivity contribution in [1.82, 2.24) is 15.5 Å². The van der Waals surface area contributed by atoms with Gasteiger partial charge in [-0.05, 0) is 26.8 Å². The van der Waals surface area contributed by atoms with Crippen LogP contribution in [0.5, 0.6) is 0 Å². The zero-order valence-electron chi connectivity index (χ0n) is 11.4. The molecule has 17 heavy (non-hydrogen) atoms. The van der Waals surface area contributed by atoms with Crippen LogP contribution in [0.15, 0.2) is 0 Å². The standard InChI is InChI=1S/C12H25N3O2/c1-5-7-13-11(16)8-15(6-2)9-12(17)14-10(3)4/h10H,5-9H2,1-4H3,(H,13,16)(H,14,17). The van der Waals surface area contributed by atoms with E-state index in [-0.39, 0.29) is 30.9 Å². The van der Waals surface area contributed by atoms with E-state index in [0.29, 0.717) is 13.1 Å². The summed E-state index contributed by atoms with van der Waals surface area (Å²) in [5.74, 6) is -0.0591. The van der Waals surface area contributed by atoms with Crippen LogP contribution in [0, 0.1) is 0 Å². The van der Waals surface area contributed by atoms with Crippen LogP contribution in [-0.4, -0.2) is 48.9 Å². The van der Waals surface area contributed by atoms with E-state index in [9.17, 15) is 9.59 Å². The van der Waals surface area contributed by atoms with Crippen molar-refractivity contribution < 1.29 is 9.59 Å². The molecule has 100 valence electrons. The molecule has 0 aliphatic rings. The highest BCUT2D eigenvalue weighted by Crippen LogP contribution is 1.89. The first-order valence-corrected chi connectivity index (χ1v) is 6.28. The van der Waals surface area contributed by atoms with E-state index in [4.69, 9.17) is 0 Å². The highest BCUT2D eigenvalue weighted by molar-refractivity contribution is 5.81. The lowest BCUT2D eigenvalue weighted by atomic mass is 10.3. The minimum Gasteiger partial charge on any atom is -0.355 e. The number of nitrogens with zero attached hydrogens (tertiary/aromatic N) is 1. The SMILES string of the molecule is CCCNC(=O)CN(CC)CC(=O)NC(C)C. The molecule has 0 fully saturated rings. The van der Waals surface area contributed by atoms with Crippen LogP contribution in [0.4, 0.5) is 0 Å². The molecule has 0 spiro atoms. The molecule has 0 unspecified atom stereocenters. The summed E-state index contributed by atoms with van der Waals surface area (Å²) in [5.41, 5.74) is 0. The zero-order valence-corrected chi connectivity index (χ0v) is 11.4. The lowest BCUT2D eigenvalue weighted by Gasteiger charge is -2.20. The molecule has 5 nitrogen and oxygen atoms in total. The van der Waals surface area contributed by atoms with Gasteiger partial charge in [-0.1, -0.05) is 13.8 Å². The summed E-state index contributed by atoms with van der Waals surface area (Å²) in [6, 6.07) is 0.134. The Bertz CT molecular complexity index is 242. The lowest BCUT2D eigenvalue weighted by molar-refractivity contribution is -0.125. The molecule has 2 amide bonds. The van der Waals surface area contributed by atoms with Gasteiger partial charge >= 0.3 is 0 Å². The van der Waals surface area contributed by atoms with Crippen molar-refractivity contribution in [2.75, 3.05) is 26.2 Å². The third-order valence-electron chi connectivity index (χ3n) is 2.20. The predicted molar refractivity (Wildman–Crippen MR) is 68.7 cm³/mol. The maximum atomic E-state index is 11.5. The topological polar surface area (TPSA) is 61.4 Å². The van der Waals surface area contributed by atoms with Gasteiger partial charge < -0.3 is 10.6 Å². The molecular weight excluding hydrogens is 218 g/mol. The third kappa shape index (κ3) is 8.68. The van der Waals surface area contributed by atoms with Gasteiger partial charge in [-0.25, -0.2) is 0 Å². The number of likely N-dealkylation sites (N-methyl/N-ethyl adjacent to an activating group) is 1. The number of amides is 2. The summed E-state index contributed by atoms with van der Waals surface area (Å²) >= 11 is 0. The van der Waals surface area contributed by atoms with Gasteiger partial charge in [0.1, 0.15) is 0 Å². The third-order valence-corrected chi connectivity index (χ3v) is 2.20. The Morgan fingerprint density at radius 1 is 1.12 bits per heavy atom. The van der Waals surface area contributed by atoms with E-state index < -0.39 is 0 Å². The average molecular weight is 243 g/mol. The van der Waals surface area contributed by atoms with Crippen LogP contribution in [0.1, 0.15) is 34.1 Å². The van der Waals surface area contributed by atoms with Gasteiger partial charge in [0.2, 0.25) is 11.8 Å². The van der Waals surface area contributed by atoms with E-state index in [2.05, 4.69) is 10.6 Å². The van der Waals surface area contributed by atoms with Gasteiger partial charge in [0.25, 0.3) is 0 Å². The molecule has 0 saturated heterocycles. The van der Waals surface area contributed by atoms with Gasteiger partial charge in [-0.15, -0.1) is 0 Å². The minimum atomic E-state index is -0.0369. The van der Waals surface area contributed by atoms with Gasteiger partial charge in [0, 0.05) is 12.6 Å². The number of nitrogens with one attached hydrogen (secondary N) is 2. The van der Waals surface area contributed by atoms with Crippen molar-refractivity contribution >= 4 is 11.8 Å². The second kappa shape index (κ2) is 8.98. The van der Waals surface area contributed by atoms with Crippen molar-refractivity contribution in [1.29, 1.82) is 0 Å². The smallest absolute Gasteiger partial charge is 0.234 e.